The summed E-state index contributed by atoms with van der Waals surface area (Å²) in [6, 6.07) is 13.6. The van der Waals surface area contributed by atoms with E-state index in [0.717, 1.165) is 43.4 Å². The second-order valence-electron chi connectivity index (χ2n) is 8.09. The Kier molecular flexibility index (Phi) is 5.51. The molecule has 0 spiro atoms. The molecular formula is C23H26FN3O2. The van der Waals surface area contributed by atoms with Crippen molar-refractivity contribution in [2.75, 3.05) is 5.32 Å². The molecule has 2 atom stereocenters. The van der Waals surface area contributed by atoms with Gasteiger partial charge in [-0.05, 0) is 69.4 Å². The van der Waals surface area contributed by atoms with E-state index >= 15 is 0 Å². The standard InChI is InChI=1S/C23H26FN3O2/c1-15-8-10-18(11-9-15)26-23(29)27-20-6-3-7-21(27)14-19(13-20)25-22(28)16-4-2-5-17(24)12-16/h2,4-5,8-12,19-21H,3,6-7,13-14H2,1H3,(H,25,28)(H,26,29)/t20-,21-/m1/s1. The van der Waals surface area contributed by atoms with Gasteiger partial charge in [-0.25, -0.2) is 9.18 Å². The number of hydrogen-bond acceptors (Lipinski definition) is 2. The lowest BCUT2D eigenvalue weighted by molar-refractivity contribution is 0.0577. The molecule has 5 nitrogen and oxygen atoms in total. The van der Waals surface area contributed by atoms with Gasteiger partial charge in [-0.3, -0.25) is 4.79 Å². The smallest absolute Gasteiger partial charge is 0.322 e. The molecule has 2 heterocycles. The third-order valence-electron chi connectivity index (χ3n) is 5.93. The Hall–Kier alpha value is -2.89. The molecule has 2 aliphatic rings. The van der Waals surface area contributed by atoms with Gasteiger partial charge in [0.05, 0.1) is 0 Å². The van der Waals surface area contributed by atoms with Crippen molar-refractivity contribution in [3.05, 3.63) is 65.5 Å². The van der Waals surface area contributed by atoms with E-state index in [1.165, 1.54) is 18.2 Å². The third kappa shape index (κ3) is 4.42. The number of amides is 3. The Morgan fingerprint density at radius 1 is 1.03 bits per heavy atom. The van der Waals surface area contributed by atoms with Gasteiger partial charge in [0.15, 0.2) is 0 Å². The Morgan fingerprint density at radius 3 is 2.38 bits per heavy atom. The van der Waals surface area contributed by atoms with E-state index in [2.05, 4.69) is 10.6 Å². The molecule has 2 aliphatic heterocycles. The van der Waals surface area contributed by atoms with E-state index in [-0.39, 0.29) is 30.1 Å². The van der Waals surface area contributed by atoms with E-state index in [1.54, 1.807) is 6.07 Å². The second-order valence-corrected chi connectivity index (χ2v) is 8.09. The molecule has 2 saturated heterocycles. The lowest BCUT2D eigenvalue weighted by atomic mass is 9.82. The molecule has 2 N–H and O–H groups in total. The van der Waals surface area contributed by atoms with Crippen LogP contribution < -0.4 is 10.6 Å². The molecule has 152 valence electrons. The number of rotatable bonds is 3. The highest BCUT2D eigenvalue weighted by atomic mass is 19.1. The fourth-order valence-electron chi connectivity index (χ4n) is 4.55. The third-order valence-corrected chi connectivity index (χ3v) is 5.93. The van der Waals surface area contributed by atoms with Gasteiger partial charge in [0.2, 0.25) is 0 Å². The summed E-state index contributed by atoms with van der Waals surface area (Å²) in [5.74, 6) is -0.678. The molecule has 0 saturated carbocycles. The summed E-state index contributed by atoms with van der Waals surface area (Å²) in [7, 11) is 0. The zero-order valence-corrected chi connectivity index (χ0v) is 16.5. The predicted octanol–water partition coefficient (Wildman–Crippen LogP) is 4.48. The van der Waals surface area contributed by atoms with E-state index < -0.39 is 5.82 Å². The van der Waals surface area contributed by atoms with Gasteiger partial charge in [0, 0.05) is 29.4 Å². The summed E-state index contributed by atoms with van der Waals surface area (Å²) in [5.41, 5.74) is 2.27. The molecule has 6 heteroatoms. The summed E-state index contributed by atoms with van der Waals surface area (Å²) < 4.78 is 13.4. The number of aryl methyl sites for hydroxylation is 1. The van der Waals surface area contributed by atoms with Crippen LogP contribution in [0, 0.1) is 12.7 Å². The first-order chi connectivity index (χ1) is 14.0. The zero-order chi connectivity index (χ0) is 20.4. The summed E-state index contributed by atoms with van der Waals surface area (Å²) in [4.78, 5) is 27.4. The minimum absolute atomic E-state index is 0.00973. The normalized spacial score (nSPS) is 23.4. The van der Waals surface area contributed by atoms with Gasteiger partial charge >= 0.3 is 6.03 Å². The minimum atomic E-state index is -0.419. The van der Waals surface area contributed by atoms with Crippen LogP contribution >= 0.6 is 0 Å². The molecule has 2 fully saturated rings. The highest BCUT2D eigenvalue weighted by Crippen LogP contribution is 2.34. The number of nitrogens with zero attached hydrogens (tertiary/aromatic N) is 1. The first-order valence-electron chi connectivity index (χ1n) is 10.2. The average molecular weight is 395 g/mol. The second kappa shape index (κ2) is 8.23. The molecule has 0 aliphatic carbocycles. The van der Waals surface area contributed by atoms with Crippen molar-refractivity contribution in [2.24, 2.45) is 0 Å². The average Bonchev–Trinajstić information content (AvgIpc) is 2.69. The van der Waals surface area contributed by atoms with Gasteiger partial charge in [0.25, 0.3) is 5.91 Å². The Bertz CT molecular complexity index is 885. The molecule has 0 radical (unpaired) electrons. The summed E-state index contributed by atoms with van der Waals surface area (Å²) in [6.07, 6.45) is 4.40. The summed E-state index contributed by atoms with van der Waals surface area (Å²) in [5, 5.41) is 6.06. The number of fused-ring (bicyclic) bond motifs is 2. The molecule has 2 aromatic carbocycles. The number of piperidine rings is 2. The van der Waals surface area contributed by atoms with Crippen molar-refractivity contribution in [2.45, 2.75) is 57.2 Å². The zero-order valence-electron chi connectivity index (χ0n) is 16.5. The molecule has 29 heavy (non-hydrogen) atoms. The van der Waals surface area contributed by atoms with Crippen LogP contribution in [-0.4, -0.2) is 35.0 Å². The molecular weight excluding hydrogens is 369 g/mol. The molecule has 4 rings (SSSR count). The lowest BCUT2D eigenvalue weighted by Crippen LogP contribution is -2.59. The number of urea groups is 1. The van der Waals surface area contributed by atoms with Gasteiger partial charge < -0.3 is 15.5 Å². The molecule has 2 aromatic rings. The quantitative estimate of drug-likeness (QED) is 0.805. The largest absolute Gasteiger partial charge is 0.349 e. The van der Waals surface area contributed by atoms with E-state index in [1.807, 2.05) is 36.1 Å². The first-order valence-corrected chi connectivity index (χ1v) is 10.2. The van der Waals surface area contributed by atoms with Crippen LogP contribution in [-0.2, 0) is 0 Å². The van der Waals surface area contributed by atoms with Crippen LogP contribution in [0.25, 0.3) is 0 Å². The van der Waals surface area contributed by atoms with Crippen LogP contribution in [0.1, 0.15) is 48.0 Å². The fraction of sp³-hybridized carbons (Fsp3) is 0.391. The van der Waals surface area contributed by atoms with Crippen molar-refractivity contribution in [1.82, 2.24) is 10.2 Å². The minimum Gasteiger partial charge on any atom is -0.349 e. The fourth-order valence-corrected chi connectivity index (χ4v) is 4.55. The number of halogens is 1. The molecule has 2 bridgehead atoms. The van der Waals surface area contributed by atoms with Crippen LogP contribution in [0.15, 0.2) is 48.5 Å². The predicted molar refractivity (Wildman–Crippen MR) is 110 cm³/mol. The van der Waals surface area contributed by atoms with Gasteiger partial charge in [-0.1, -0.05) is 23.8 Å². The summed E-state index contributed by atoms with van der Waals surface area (Å²) in [6.45, 7) is 2.01. The van der Waals surface area contributed by atoms with Crippen molar-refractivity contribution in [3.63, 3.8) is 0 Å². The maximum absolute atomic E-state index is 13.4. The van der Waals surface area contributed by atoms with E-state index in [4.69, 9.17) is 0 Å². The first kappa shape index (κ1) is 19.4. The maximum Gasteiger partial charge on any atom is 0.322 e. The number of carbonyl (C=O) groups is 2. The molecule has 3 amide bonds. The van der Waals surface area contributed by atoms with E-state index in [0.29, 0.717) is 5.56 Å². The Balaban J connectivity index is 1.41. The highest BCUT2D eigenvalue weighted by molar-refractivity contribution is 5.94. The maximum atomic E-state index is 13.4. The van der Waals surface area contributed by atoms with Gasteiger partial charge in [-0.2, -0.15) is 0 Å². The van der Waals surface area contributed by atoms with Crippen molar-refractivity contribution in [1.29, 1.82) is 0 Å². The summed E-state index contributed by atoms with van der Waals surface area (Å²) >= 11 is 0. The van der Waals surface area contributed by atoms with Crippen LogP contribution in [0.2, 0.25) is 0 Å². The Morgan fingerprint density at radius 2 is 1.72 bits per heavy atom. The van der Waals surface area contributed by atoms with Crippen LogP contribution in [0.4, 0.5) is 14.9 Å². The highest BCUT2D eigenvalue weighted by Gasteiger charge is 2.41. The van der Waals surface area contributed by atoms with Crippen molar-refractivity contribution in [3.8, 4) is 0 Å². The van der Waals surface area contributed by atoms with Crippen LogP contribution in [0.5, 0.6) is 0 Å². The van der Waals surface area contributed by atoms with Gasteiger partial charge in [-0.15, -0.1) is 0 Å². The Labute approximate surface area is 170 Å². The molecule has 0 unspecified atom stereocenters. The number of nitrogens with one attached hydrogen (secondary N) is 2. The number of anilines is 1. The molecule has 0 aromatic heterocycles. The van der Waals surface area contributed by atoms with Gasteiger partial charge in [0.1, 0.15) is 5.82 Å². The number of hydrogen-bond donors (Lipinski definition) is 2. The van der Waals surface area contributed by atoms with Crippen molar-refractivity contribution >= 4 is 17.6 Å². The topological polar surface area (TPSA) is 61.4 Å². The number of carbonyl (C=O) groups excluding carboxylic acids is 2. The SMILES string of the molecule is Cc1ccc(NC(=O)N2[C@@H]3CCC[C@@H]2CC(NC(=O)c2cccc(F)c2)C3)cc1. The monoisotopic (exact) mass is 395 g/mol. The number of benzene rings is 2. The lowest BCUT2D eigenvalue weighted by Gasteiger charge is -2.48. The van der Waals surface area contributed by atoms with Crippen molar-refractivity contribution < 1.29 is 14.0 Å². The van der Waals surface area contributed by atoms with E-state index in [9.17, 15) is 14.0 Å². The van der Waals surface area contributed by atoms with Crippen LogP contribution in [0.3, 0.4) is 0 Å².